The molecule has 0 amide bonds. The zero-order chi connectivity index (χ0) is 13.7. The zero-order valence-electron chi connectivity index (χ0n) is 11.2. The Labute approximate surface area is 125 Å². The minimum atomic E-state index is 0.231. The molecule has 1 fully saturated rings. The van der Waals surface area contributed by atoms with Crippen LogP contribution in [-0.2, 0) is 0 Å². The molecule has 1 atom stereocenters. The summed E-state index contributed by atoms with van der Waals surface area (Å²) >= 11 is 12.2. The summed E-state index contributed by atoms with van der Waals surface area (Å²) in [6.07, 6.45) is 6.52. The standard InChI is InChI=1S/C15H22Cl2N2/c16-13-8-12(9-14(17)10-13)15(11-18)19-6-4-2-1-3-5-7-19/h8-10,15H,1-7,11,18H2. The summed E-state index contributed by atoms with van der Waals surface area (Å²) < 4.78 is 0. The van der Waals surface area contributed by atoms with Crippen LogP contribution in [0.4, 0.5) is 0 Å². The van der Waals surface area contributed by atoms with Crippen LogP contribution in [0, 0.1) is 0 Å². The fraction of sp³-hybridized carbons (Fsp3) is 0.600. The lowest BCUT2D eigenvalue weighted by Crippen LogP contribution is -2.36. The van der Waals surface area contributed by atoms with Gasteiger partial charge in [-0.15, -0.1) is 0 Å². The van der Waals surface area contributed by atoms with Crippen LogP contribution >= 0.6 is 23.2 Å². The predicted molar refractivity (Wildman–Crippen MR) is 82.9 cm³/mol. The van der Waals surface area contributed by atoms with Crippen LogP contribution in [0.15, 0.2) is 18.2 Å². The molecule has 1 unspecified atom stereocenters. The third kappa shape index (κ3) is 4.35. The molecule has 2 rings (SSSR count). The Hall–Kier alpha value is -0.280. The van der Waals surface area contributed by atoms with Gasteiger partial charge >= 0.3 is 0 Å². The van der Waals surface area contributed by atoms with Crippen molar-refractivity contribution < 1.29 is 0 Å². The molecule has 2 nitrogen and oxygen atoms in total. The first-order valence-electron chi connectivity index (χ1n) is 7.11. The van der Waals surface area contributed by atoms with Crippen molar-refractivity contribution in [3.63, 3.8) is 0 Å². The smallest absolute Gasteiger partial charge is 0.0471 e. The maximum absolute atomic E-state index is 6.10. The van der Waals surface area contributed by atoms with E-state index in [-0.39, 0.29) is 6.04 Å². The normalized spacial score (nSPS) is 19.7. The molecule has 1 heterocycles. The van der Waals surface area contributed by atoms with Gasteiger partial charge in [0, 0.05) is 22.6 Å². The highest BCUT2D eigenvalue weighted by Gasteiger charge is 2.20. The fourth-order valence-electron chi connectivity index (χ4n) is 2.85. The van der Waals surface area contributed by atoms with Gasteiger partial charge in [-0.25, -0.2) is 0 Å². The van der Waals surface area contributed by atoms with Gasteiger partial charge in [0.05, 0.1) is 0 Å². The van der Waals surface area contributed by atoms with Gasteiger partial charge in [0.15, 0.2) is 0 Å². The second kappa shape index (κ2) is 7.49. The second-order valence-electron chi connectivity index (χ2n) is 5.26. The number of halogens is 2. The van der Waals surface area contributed by atoms with Crippen molar-refractivity contribution in [3.05, 3.63) is 33.8 Å². The molecule has 2 N–H and O–H groups in total. The summed E-state index contributed by atoms with van der Waals surface area (Å²) in [5.74, 6) is 0. The Bertz CT molecular complexity index is 381. The summed E-state index contributed by atoms with van der Waals surface area (Å²) in [6, 6.07) is 5.98. The van der Waals surface area contributed by atoms with Gasteiger partial charge < -0.3 is 5.73 Å². The second-order valence-corrected chi connectivity index (χ2v) is 6.13. The third-order valence-electron chi connectivity index (χ3n) is 3.82. The molecule has 0 bridgehead atoms. The molecule has 106 valence electrons. The van der Waals surface area contributed by atoms with E-state index in [4.69, 9.17) is 28.9 Å². The van der Waals surface area contributed by atoms with Crippen molar-refractivity contribution in [1.82, 2.24) is 4.90 Å². The zero-order valence-corrected chi connectivity index (χ0v) is 12.8. The van der Waals surface area contributed by atoms with Crippen molar-refractivity contribution in [2.45, 2.75) is 38.1 Å². The monoisotopic (exact) mass is 300 g/mol. The number of hydrogen-bond donors (Lipinski definition) is 1. The van der Waals surface area contributed by atoms with Gasteiger partial charge in [0.25, 0.3) is 0 Å². The van der Waals surface area contributed by atoms with Crippen LogP contribution in [0.2, 0.25) is 10.0 Å². The molecule has 1 aliphatic rings. The Morgan fingerprint density at radius 3 is 2.00 bits per heavy atom. The summed E-state index contributed by atoms with van der Waals surface area (Å²) in [4.78, 5) is 2.49. The highest BCUT2D eigenvalue weighted by Crippen LogP contribution is 2.28. The van der Waals surface area contributed by atoms with Crippen molar-refractivity contribution in [1.29, 1.82) is 0 Å². The minimum absolute atomic E-state index is 0.231. The lowest BCUT2D eigenvalue weighted by atomic mass is 10.0. The van der Waals surface area contributed by atoms with Gasteiger partial charge in [0.2, 0.25) is 0 Å². The van der Waals surface area contributed by atoms with Crippen LogP contribution in [0.25, 0.3) is 0 Å². The topological polar surface area (TPSA) is 29.3 Å². The largest absolute Gasteiger partial charge is 0.329 e. The molecular formula is C15H22Cl2N2. The van der Waals surface area contributed by atoms with E-state index in [1.165, 1.54) is 32.1 Å². The predicted octanol–water partition coefficient (Wildman–Crippen LogP) is 4.26. The van der Waals surface area contributed by atoms with Crippen LogP contribution in [-0.4, -0.2) is 24.5 Å². The molecule has 0 aliphatic carbocycles. The Balaban J connectivity index is 2.16. The maximum atomic E-state index is 6.10. The van der Waals surface area contributed by atoms with E-state index in [2.05, 4.69) is 4.90 Å². The van der Waals surface area contributed by atoms with Gasteiger partial charge in [-0.1, -0.05) is 42.5 Å². The van der Waals surface area contributed by atoms with E-state index < -0.39 is 0 Å². The fourth-order valence-corrected chi connectivity index (χ4v) is 3.39. The number of likely N-dealkylation sites (tertiary alicyclic amines) is 1. The summed E-state index contributed by atoms with van der Waals surface area (Å²) in [7, 11) is 0. The summed E-state index contributed by atoms with van der Waals surface area (Å²) in [6.45, 7) is 2.84. The van der Waals surface area contributed by atoms with Gasteiger partial charge in [0.1, 0.15) is 0 Å². The number of nitrogens with zero attached hydrogens (tertiary/aromatic N) is 1. The van der Waals surface area contributed by atoms with Gasteiger partial charge in [-0.2, -0.15) is 0 Å². The van der Waals surface area contributed by atoms with E-state index in [0.717, 1.165) is 18.7 Å². The quantitative estimate of drug-likeness (QED) is 0.904. The first-order chi connectivity index (χ1) is 9.20. The SMILES string of the molecule is NCC(c1cc(Cl)cc(Cl)c1)N1CCCCCCC1. The summed E-state index contributed by atoms with van der Waals surface area (Å²) in [5.41, 5.74) is 7.14. The molecule has 0 aromatic heterocycles. The Kier molecular flexibility index (Phi) is 5.96. The molecule has 0 saturated carbocycles. The molecule has 0 radical (unpaired) electrons. The first-order valence-corrected chi connectivity index (χ1v) is 7.86. The van der Waals surface area contributed by atoms with E-state index in [0.29, 0.717) is 16.6 Å². The highest BCUT2D eigenvalue weighted by atomic mass is 35.5. The first kappa shape index (κ1) is 15.1. The molecule has 1 aromatic rings. The number of hydrogen-bond acceptors (Lipinski definition) is 2. The van der Waals surface area contributed by atoms with E-state index in [1.54, 1.807) is 6.07 Å². The van der Waals surface area contributed by atoms with Crippen LogP contribution < -0.4 is 5.73 Å². The van der Waals surface area contributed by atoms with E-state index >= 15 is 0 Å². The average Bonchev–Trinajstić information content (AvgIpc) is 2.31. The van der Waals surface area contributed by atoms with E-state index in [1.807, 2.05) is 12.1 Å². The molecule has 1 saturated heterocycles. The van der Waals surface area contributed by atoms with Crippen molar-refractivity contribution in [2.75, 3.05) is 19.6 Å². The molecule has 0 spiro atoms. The highest BCUT2D eigenvalue weighted by molar-refractivity contribution is 6.34. The summed E-state index contributed by atoms with van der Waals surface area (Å²) in [5, 5.41) is 1.38. The van der Waals surface area contributed by atoms with Crippen molar-refractivity contribution >= 4 is 23.2 Å². The molecule has 4 heteroatoms. The van der Waals surface area contributed by atoms with Crippen LogP contribution in [0.5, 0.6) is 0 Å². The van der Waals surface area contributed by atoms with E-state index in [9.17, 15) is 0 Å². The number of benzene rings is 1. The van der Waals surface area contributed by atoms with Gasteiger partial charge in [-0.3, -0.25) is 4.90 Å². The average molecular weight is 301 g/mol. The van der Waals surface area contributed by atoms with Crippen LogP contribution in [0.3, 0.4) is 0 Å². The molecule has 19 heavy (non-hydrogen) atoms. The van der Waals surface area contributed by atoms with Crippen molar-refractivity contribution in [3.8, 4) is 0 Å². The number of rotatable bonds is 3. The van der Waals surface area contributed by atoms with Crippen molar-refractivity contribution in [2.24, 2.45) is 5.73 Å². The molecular weight excluding hydrogens is 279 g/mol. The van der Waals surface area contributed by atoms with Crippen LogP contribution in [0.1, 0.15) is 43.7 Å². The lowest BCUT2D eigenvalue weighted by Gasteiger charge is -2.32. The Morgan fingerprint density at radius 2 is 1.47 bits per heavy atom. The minimum Gasteiger partial charge on any atom is -0.329 e. The maximum Gasteiger partial charge on any atom is 0.0471 e. The lowest BCUT2D eigenvalue weighted by molar-refractivity contribution is 0.183. The molecule has 1 aromatic carbocycles. The Morgan fingerprint density at radius 1 is 0.947 bits per heavy atom. The molecule has 1 aliphatic heterocycles. The third-order valence-corrected chi connectivity index (χ3v) is 4.26. The van der Waals surface area contributed by atoms with Gasteiger partial charge in [-0.05, 0) is 49.7 Å². The number of nitrogens with two attached hydrogens (primary N) is 1.